The van der Waals surface area contributed by atoms with Gasteiger partial charge in [0.25, 0.3) is 5.91 Å². The van der Waals surface area contributed by atoms with Gasteiger partial charge >= 0.3 is 5.97 Å². The first-order valence-electron chi connectivity index (χ1n) is 7.36. The van der Waals surface area contributed by atoms with E-state index in [2.05, 4.69) is 0 Å². The van der Waals surface area contributed by atoms with Crippen molar-refractivity contribution in [3.05, 3.63) is 21.9 Å². The van der Waals surface area contributed by atoms with Crippen molar-refractivity contribution in [2.75, 3.05) is 19.7 Å². The van der Waals surface area contributed by atoms with Gasteiger partial charge in [0.1, 0.15) is 4.88 Å². The maximum absolute atomic E-state index is 12.5. The van der Waals surface area contributed by atoms with Gasteiger partial charge in [-0.25, -0.2) is 4.79 Å². The summed E-state index contributed by atoms with van der Waals surface area (Å²) in [4.78, 5) is 26.0. The minimum Gasteiger partial charge on any atom is -0.477 e. The predicted octanol–water partition coefficient (Wildman–Crippen LogP) is 2.62. The fourth-order valence-electron chi connectivity index (χ4n) is 3.24. The van der Waals surface area contributed by atoms with E-state index in [9.17, 15) is 9.59 Å². The van der Waals surface area contributed by atoms with Crippen LogP contribution < -0.4 is 0 Å². The molecule has 0 radical (unpaired) electrons. The second-order valence-corrected chi connectivity index (χ2v) is 6.83. The molecule has 1 N–H and O–H groups in total. The molecule has 114 valence electrons. The molecule has 0 aliphatic carbocycles. The summed E-state index contributed by atoms with van der Waals surface area (Å²) in [7, 11) is 0. The van der Waals surface area contributed by atoms with Crippen LogP contribution in [0.25, 0.3) is 0 Å². The fourth-order valence-corrected chi connectivity index (χ4v) is 4.06. The second-order valence-electron chi connectivity index (χ2n) is 5.75. The zero-order chi connectivity index (χ0) is 14.9. The quantitative estimate of drug-likeness (QED) is 0.912. The van der Waals surface area contributed by atoms with E-state index in [-0.39, 0.29) is 16.4 Å². The maximum atomic E-state index is 12.5. The lowest BCUT2D eigenvalue weighted by Gasteiger charge is -2.26. The molecule has 1 aromatic rings. The Hall–Kier alpha value is -1.40. The predicted molar refractivity (Wildman–Crippen MR) is 78.9 cm³/mol. The summed E-state index contributed by atoms with van der Waals surface area (Å²) in [6.45, 7) is 2.25. The molecular formula is C15H19NO4S. The molecule has 2 aliphatic heterocycles. The first-order valence-corrected chi connectivity index (χ1v) is 8.18. The van der Waals surface area contributed by atoms with E-state index in [0.717, 1.165) is 56.6 Å². The summed E-state index contributed by atoms with van der Waals surface area (Å²) in [5.41, 5.74) is -0.0172. The van der Waals surface area contributed by atoms with E-state index in [1.165, 1.54) is 6.07 Å². The molecule has 3 heterocycles. The van der Waals surface area contributed by atoms with Gasteiger partial charge in [-0.15, -0.1) is 11.3 Å². The van der Waals surface area contributed by atoms with Crippen molar-refractivity contribution in [2.24, 2.45) is 0 Å². The van der Waals surface area contributed by atoms with E-state index in [1.807, 2.05) is 4.90 Å². The van der Waals surface area contributed by atoms with Crippen LogP contribution in [0.3, 0.4) is 0 Å². The normalized spacial score (nSPS) is 26.0. The average Bonchev–Trinajstić information content (AvgIpc) is 3.06. The Morgan fingerprint density at radius 1 is 1.14 bits per heavy atom. The van der Waals surface area contributed by atoms with Crippen LogP contribution >= 0.6 is 11.3 Å². The molecule has 21 heavy (non-hydrogen) atoms. The molecule has 3 rings (SSSR count). The Balaban J connectivity index is 1.68. The molecule has 1 amide bonds. The van der Waals surface area contributed by atoms with Crippen LogP contribution in [-0.2, 0) is 4.74 Å². The van der Waals surface area contributed by atoms with Crippen LogP contribution in [0.2, 0.25) is 0 Å². The molecule has 0 aromatic carbocycles. The summed E-state index contributed by atoms with van der Waals surface area (Å²) < 4.78 is 5.92. The summed E-state index contributed by atoms with van der Waals surface area (Å²) in [5, 5.41) is 8.94. The van der Waals surface area contributed by atoms with Crippen LogP contribution in [-0.4, -0.2) is 47.2 Å². The van der Waals surface area contributed by atoms with E-state index >= 15 is 0 Å². The monoisotopic (exact) mass is 309 g/mol. The smallest absolute Gasteiger partial charge is 0.345 e. The van der Waals surface area contributed by atoms with E-state index in [1.54, 1.807) is 6.07 Å². The van der Waals surface area contributed by atoms with Gasteiger partial charge in [-0.2, -0.15) is 0 Å². The molecule has 0 unspecified atom stereocenters. The number of ether oxygens (including phenoxy) is 1. The summed E-state index contributed by atoms with van der Waals surface area (Å²) in [5.74, 6) is -1.03. The van der Waals surface area contributed by atoms with Gasteiger partial charge in [0.15, 0.2) is 0 Å². The molecule has 6 heteroatoms. The number of amides is 1. The number of nitrogens with zero attached hydrogens (tertiary/aromatic N) is 1. The highest BCUT2D eigenvalue weighted by atomic mass is 32.1. The zero-order valence-electron chi connectivity index (χ0n) is 11.8. The number of hydrogen-bond donors (Lipinski definition) is 1. The first-order chi connectivity index (χ1) is 10.1. The molecule has 2 saturated heterocycles. The van der Waals surface area contributed by atoms with Crippen molar-refractivity contribution in [2.45, 2.75) is 37.7 Å². The SMILES string of the molecule is O=C(O)c1ccc(C(=O)N2CCC[C@@]3(CCCO3)CC2)s1. The topological polar surface area (TPSA) is 66.8 Å². The Kier molecular flexibility index (Phi) is 3.99. The molecule has 5 nitrogen and oxygen atoms in total. The molecule has 1 atom stereocenters. The second kappa shape index (κ2) is 5.77. The number of carboxylic acid groups (broad SMARTS) is 1. The van der Waals surface area contributed by atoms with Gasteiger partial charge in [-0.3, -0.25) is 4.79 Å². The van der Waals surface area contributed by atoms with Crippen LogP contribution in [0.15, 0.2) is 12.1 Å². The van der Waals surface area contributed by atoms with Crippen LogP contribution in [0.4, 0.5) is 0 Å². The standard InChI is InChI=1S/C15H19NO4S/c17-13(11-3-4-12(21-11)14(18)19)16-8-1-5-15(7-9-16)6-2-10-20-15/h3-4H,1-2,5-10H2,(H,18,19)/t15-/m1/s1. The van der Waals surface area contributed by atoms with Crippen molar-refractivity contribution >= 4 is 23.2 Å². The van der Waals surface area contributed by atoms with Gasteiger partial charge in [0, 0.05) is 19.7 Å². The minimum atomic E-state index is -0.978. The maximum Gasteiger partial charge on any atom is 0.345 e. The minimum absolute atomic E-state index is 0.0172. The third-order valence-electron chi connectivity index (χ3n) is 4.40. The van der Waals surface area contributed by atoms with E-state index in [4.69, 9.17) is 9.84 Å². The van der Waals surface area contributed by atoms with Crippen molar-refractivity contribution in [3.8, 4) is 0 Å². The first kappa shape index (κ1) is 14.5. The van der Waals surface area contributed by atoms with Gasteiger partial charge in [0.2, 0.25) is 0 Å². The fraction of sp³-hybridized carbons (Fsp3) is 0.600. The third kappa shape index (κ3) is 2.96. The Bertz CT molecular complexity index is 548. The van der Waals surface area contributed by atoms with Crippen molar-refractivity contribution in [1.82, 2.24) is 4.90 Å². The largest absolute Gasteiger partial charge is 0.477 e. The van der Waals surface area contributed by atoms with Crippen LogP contribution in [0.1, 0.15) is 51.4 Å². The number of carbonyl (C=O) groups excluding carboxylic acids is 1. The molecule has 2 aliphatic rings. The third-order valence-corrected chi connectivity index (χ3v) is 5.46. The number of thiophene rings is 1. The summed E-state index contributed by atoms with van der Waals surface area (Å²) in [6, 6.07) is 3.11. The number of likely N-dealkylation sites (tertiary alicyclic amines) is 1. The van der Waals surface area contributed by atoms with Crippen molar-refractivity contribution < 1.29 is 19.4 Å². The molecule has 1 spiro atoms. The Morgan fingerprint density at radius 2 is 1.90 bits per heavy atom. The van der Waals surface area contributed by atoms with Gasteiger partial charge in [-0.05, 0) is 44.2 Å². The number of carbonyl (C=O) groups is 2. The van der Waals surface area contributed by atoms with E-state index < -0.39 is 5.97 Å². The molecule has 2 fully saturated rings. The van der Waals surface area contributed by atoms with Crippen LogP contribution in [0.5, 0.6) is 0 Å². The number of rotatable bonds is 2. The average molecular weight is 309 g/mol. The Labute approximate surface area is 127 Å². The highest BCUT2D eigenvalue weighted by Gasteiger charge is 2.37. The van der Waals surface area contributed by atoms with Gasteiger partial charge in [-0.1, -0.05) is 0 Å². The molecular weight excluding hydrogens is 290 g/mol. The Morgan fingerprint density at radius 3 is 2.57 bits per heavy atom. The molecule has 0 saturated carbocycles. The highest BCUT2D eigenvalue weighted by molar-refractivity contribution is 7.15. The van der Waals surface area contributed by atoms with Crippen molar-refractivity contribution in [3.63, 3.8) is 0 Å². The van der Waals surface area contributed by atoms with Crippen molar-refractivity contribution in [1.29, 1.82) is 0 Å². The molecule has 1 aromatic heterocycles. The summed E-state index contributed by atoms with van der Waals surface area (Å²) in [6.07, 6.45) is 5.05. The number of hydrogen-bond acceptors (Lipinski definition) is 4. The zero-order valence-corrected chi connectivity index (χ0v) is 12.7. The summed E-state index contributed by atoms with van der Waals surface area (Å²) >= 11 is 1.05. The van der Waals surface area contributed by atoms with Crippen LogP contribution in [0, 0.1) is 0 Å². The lowest BCUT2D eigenvalue weighted by atomic mass is 9.92. The number of aromatic carboxylic acids is 1. The number of carboxylic acids is 1. The van der Waals surface area contributed by atoms with E-state index in [0.29, 0.717) is 11.4 Å². The highest BCUT2D eigenvalue weighted by Crippen LogP contribution is 2.36. The molecule has 0 bridgehead atoms. The lowest BCUT2D eigenvalue weighted by molar-refractivity contribution is -0.00691. The van der Waals surface area contributed by atoms with Gasteiger partial charge in [0.05, 0.1) is 10.5 Å². The van der Waals surface area contributed by atoms with Gasteiger partial charge < -0.3 is 14.7 Å². The lowest BCUT2D eigenvalue weighted by Crippen LogP contribution is -2.33.